The number of nitro groups is 1. The Morgan fingerprint density at radius 2 is 1.72 bits per heavy atom. The zero-order valence-corrected chi connectivity index (χ0v) is 17.6. The van der Waals surface area contributed by atoms with Crippen molar-refractivity contribution in [1.29, 1.82) is 0 Å². The number of sulfonamides is 1. The fourth-order valence-electron chi connectivity index (χ4n) is 2.64. The molecule has 0 aliphatic rings. The van der Waals surface area contributed by atoms with Crippen LogP contribution in [-0.2, 0) is 14.8 Å². The van der Waals surface area contributed by atoms with Crippen molar-refractivity contribution in [3.63, 3.8) is 0 Å². The minimum atomic E-state index is -3.89. The van der Waals surface area contributed by atoms with E-state index in [-0.39, 0.29) is 28.6 Å². The van der Waals surface area contributed by atoms with Gasteiger partial charge in [-0.15, -0.1) is 0 Å². The molecule has 0 saturated carbocycles. The average Bonchev–Trinajstić information content (AvgIpc) is 2.75. The summed E-state index contributed by atoms with van der Waals surface area (Å²) < 4.78 is 45.5. The van der Waals surface area contributed by atoms with Gasteiger partial charge in [0, 0.05) is 17.8 Å². The topological polar surface area (TPSA) is 128 Å². The van der Waals surface area contributed by atoms with Gasteiger partial charge in [0.05, 0.1) is 15.5 Å². The summed E-state index contributed by atoms with van der Waals surface area (Å²) in [7, 11) is -3.89. The van der Waals surface area contributed by atoms with Crippen molar-refractivity contribution in [3.8, 4) is 5.75 Å². The average molecular weight is 459 g/mol. The maximum absolute atomic E-state index is 13.0. The largest absolute Gasteiger partial charge is 0.484 e. The van der Waals surface area contributed by atoms with E-state index in [0.29, 0.717) is 11.3 Å². The Hall–Kier alpha value is -3.99. The van der Waals surface area contributed by atoms with Crippen LogP contribution >= 0.6 is 0 Å². The van der Waals surface area contributed by atoms with Gasteiger partial charge in [-0.2, -0.15) is 0 Å². The third kappa shape index (κ3) is 5.79. The van der Waals surface area contributed by atoms with E-state index in [4.69, 9.17) is 4.74 Å². The molecular formula is C21H18FN3O6S. The molecule has 3 aromatic rings. The number of aryl methyl sites for hydroxylation is 1. The molecule has 0 aromatic heterocycles. The molecular weight excluding hydrogens is 441 g/mol. The Bertz CT molecular complexity index is 1250. The lowest BCUT2D eigenvalue weighted by Gasteiger charge is -2.11. The van der Waals surface area contributed by atoms with E-state index in [9.17, 15) is 27.7 Å². The van der Waals surface area contributed by atoms with Crippen LogP contribution in [0, 0.1) is 22.9 Å². The van der Waals surface area contributed by atoms with Crippen molar-refractivity contribution in [1.82, 2.24) is 0 Å². The Balaban J connectivity index is 1.60. The van der Waals surface area contributed by atoms with Gasteiger partial charge in [0.2, 0.25) is 0 Å². The summed E-state index contributed by atoms with van der Waals surface area (Å²) in [5, 5.41) is 13.4. The fraction of sp³-hybridized carbons (Fsp3) is 0.0952. The van der Waals surface area contributed by atoms with Crippen molar-refractivity contribution in [2.45, 2.75) is 11.8 Å². The molecule has 0 aliphatic carbocycles. The number of ether oxygens (including phenoxy) is 1. The van der Waals surface area contributed by atoms with Gasteiger partial charge in [-0.05, 0) is 61.0 Å². The highest BCUT2D eigenvalue weighted by Crippen LogP contribution is 2.22. The zero-order chi connectivity index (χ0) is 23.3. The number of nitrogens with one attached hydrogen (secondary N) is 2. The molecule has 166 valence electrons. The first-order valence-electron chi connectivity index (χ1n) is 9.20. The van der Waals surface area contributed by atoms with Gasteiger partial charge in [-0.25, -0.2) is 12.8 Å². The number of halogens is 1. The van der Waals surface area contributed by atoms with Crippen molar-refractivity contribution >= 4 is 33.0 Å². The zero-order valence-electron chi connectivity index (χ0n) is 16.7. The predicted octanol–water partition coefficient (Wildman–Crippen LogP) is 3.86. The smallest absolute Gasteiger partial charge is 0.271 e. The van der Waals surface area contributed by atoms with Crippen molar-refractivity contribution < 1.29 is 27.3 Å². The standard InChI is InChI=1S/C21H18FN3O6S/c1-14-2-7-17(25(27)28)12-20(14)23-21(26)13-31-18-8-10-19(11-9-18)32(29,30)24-16-5-3-15(22)4-6-16/h2-12,24H,13H2,1H3,(H,23,26). The Labute approximate surface area is 183 Å². The molecule has 9 nitrogen and oxygen atoms in total. The van der Waals surface area contributed by atoms with Crippen LogP contribution in [-0.4, -0.2) is 25.9 Å². The molecule has 0 atom stereocenters. The second-order valence-corrected chi connectivity index (χ2v) is 8.36. The van der Waals surface area contributed by atoms with Crippen LogP contribution in [0.25, 0.3) is 0 Å². The van der Waals surface area contributed by atoms with Crippen LogP contribution in [0.3, 0.4) is 0 Å². The van der Waals surface area contributed by atoms with Gasteiger partial charge in [0.15, 0.2) is 6.61 Å². The number of carbonyl (C=O) groups is 1. The molecule has 11 heteroatoms. The van der Waals surface area contributed by atoms with Crippen LogP contribution in [0.5, 0.6) is 5.75 Å². The van der Waals surface area contributed by atoms with E-state index in [1.54, 1.807) is 6.92 Å². The van der Waals surface area contributed by atoms with Crippen molar-refractivity contribution in [2.75, 3.05) is 16.6 Å². The van der Waals surface area contributed by atoms with E-state index >= 15 is 0 Å². The van der Waals surface area contributed by atoms with Crippen molar-refractivity contribution in [2.24, 2.45) is 0 Å². The molecule has 0 spiro atoms. The Morgan fingerprint density at radius 1 is 1.06 bits per heavy atom. The molecule has 0 saturated heterocycles. The molecule has 0 unspecified atom stereocenters. The maximum atomic E-state index is 13.0. The number of carbonyl (C=O) groups excluding carboxylic acids is 1. The summed E-state index contributed by atoms with van der Waals surface area (Å²) >= 11 is 0. The Morgan fingerprint density at radius 3 is 2.34 bits per heavy atom. The van der Waals surface area contributed by atoms with Crippen LogP contribution in [0.4, 0.5) is 21.5 Å². The van der Waals surface area contributed by atoms with Crippen LogP contribution in [0.1, 0.15) is 5.56 Å². The molecule has 0 aliphatic heterocycles. The number of hydrogen-bond acceptors (Lipinski definition) is 6. The predicted molar refractivity (Wildman–Crippen MR) is 116 cm³/mol. The number of non-ortho nitro benzene ring substituents is 1. The van der Waals surface area contributed by atoms with E-state index in [1.807, 2.05) is 0 Å². The minimum Gasteiger partial charge on any atom is -0.484 e. The summed E-state index contributed by atoms with van der Waals surface area (Å²) in [5.41, 5.74) is 0.992. The number of nitro benzene ring substituents is 1. The lowest BCUT2D eigenvalue weighted by atomic mass is 10.2. The molecule has 0 heterocycles. The van der Waals surface area contributed by atoms with E-state index in [1.165, 1.54) is 54.6 Å². The number of amides is 1. The van der Waals surface area contributed by atoms with Gasteiger partial charge in [-0.3, -0.25) is 19.6 Å². The maximum Gasteiger partial charge on any atom is 0.271 e. The fourth-order valence-corrected chi connectivity index (χ4v) is 3.70. The van der Waals surface area contributed by atoms with Crippen LogP contribution in [0.2, 0.25) is 0 Å². The van der Waals surface area contributed by atoms with Crippen LogP contribution < -0.4 is 14.8 Å². The highest BCUT2D eigenvalue weighted by Gasteiger charge is 2.15. The highest BCUT2D eigenvalue weighted by molar-refractivity contribution is 7.92. The summed E-state index contributed by atoms with van der Waals surface area (Å²) in [6, 6.07) is 14.3. The second kappa shape index (κ2) is 9.43. The first-order chi connectivity index (χ1) is 15.1. The summed E-state index contributed by atoms with van der Waals surface area (Å²) in [5.74, 6) is -0.779. The SMILES string of the molecule is Cc1ccc([N+](=O)[O-])cc1NC(=O)COc1ccc(S(=O)(=O)Nc2ccc(F)cc2)cc1. The van der Waals surface area contributed by atoms with Crippen molar-refractivity contribution in [3.05, 3.63) is 88.2 Å². The number of benzene rings is 3. The van der Waals surface area contributed by atoms with Gasteiger partial charge >= 0.3 is 0 Å². The van der Waals surface area contributed by atoms with E-state index < -0.39 is 26.7 Å². The molecule has 0 bridgehead atoms. The second-order valence-electron chi connectivity index (χ2n) is 6.68. The summed E-state index contributed by atoms with van der Waals surface area (Å²) in [6.07, 6.45) is 0. The third-order valence-electron chi connectivity index (χ3n) is 4.31. The number of anilines is 2. The van der Waals surface area contributed by atoms with E-state index in [2.05, 4.69) is 10.0 Å². The van der Waals surface area contributed by atoms with E-state index in [0.717, 1.165) is 12.1 Å². The first kappa shape index (κ1) is 22.7. The van der Waals surface area contributed by atoms with Gasteiger partial charge in [0.1, 0.15) is 11.6 Å². The third-order valence-corrected chi connectivity index (χ3v) is 5.70. The molecule has 0 fully saturated rings. The monoisotopic (exact) mass is 459 g/mol. The normalized spacial score (nSPS) is 10.9. The van der Waals surface area contributed by atoms with Gasteiger partial charge in [-0.1, -0.05) is 6.07 Å². The molecule has 3 aromatic carbocycles. The summed E-state index contributed by atoms with van der Waals surface area (Å²) in [4.78, 5) is 22.4. The molecule has 3 rings (SSSR count). The Kier molecular flexibility index (Phi) is 6.69. The summed E-state index contributed by atoms with van der Waals surface area (Å²) in [6.45, 7) is 1.31. The molecule has 32 heavy (non-hydrogen) atoms. The quantitative estimate of drug-likeness (QED) is 0.389. The lowest BCUT2D eigenvalue weighted by Crippen LogP contribution is -2.20. The first-order valence-corrected chi connectivity index (χ1v) is 10.7. The molecule has 1 amide bonds. The van der Waals surface area contributed by atoms with Gasteiger partial charge < -0.3 is 10.1 Å². The number of rotatable bonds is 8. The lowest BCUT2D eigenvalue weighted by molar-refractivity contribution is -0.384. The number of hydrogen-bond donors (Lipinski definition) is 2. The van der Waals surface area contributed by atoms with Crippen LogP contribution in [0.15, 0.2) is 71.6 Å². The highest BCUT2D eigenvalue weighted by atomic mass is 32.2. The molecule has 2 N–H and O–H groups in total. The number of nitrogens with zero attached hydrogens (tertiary/aromatic N) is 1. The minimum absolute atomic E-state index is 0.0501. The molecule has 0 radical (unpaired) electrons. The van der Waals surface area contributed by atoms with Gasteiger partial charge in [0.25, 0.3) is 21.6 Å².